The van der Waals surface area contributed by atoms with Crippen molar-refractivity contribution in [2.24, 2.45) is 0 Å². The van der Waals surface area contributed by atoms with Crippen LogP contribution in [-0.4, -0.2) is 11.2 Å². The molecule has 0 aliphatic carbocycles. The summed E-state index contributed by atoms with van der Waals surface area (Å²) in [6.45, 7) is 12.0. The third-order valence-electron chi connectivity index (χ3n) is 7.15. The Morgan fingerprint density at radius 2 is 0.889 bits per heavy atom. The number of ether oxygens (including phenoxy) is 2. The van der Waals surface area contributed by atoms with Crippen molar-refractivity contribution < 1.29 is 18.3 Å². The summed E-state index contributed by atoms with van der Waals surface area (Å²) in [6.07, 6.45) is 12.9. The number of hydrogen-bond donors (Lipinski definition) is 0. The molecule has 0 fully saturated rings. The van der Waals surface area contributed by atoms with E-state index in [1.807, 2.05) is 53.7 Å². The molecule has 2 aromatic rings. The van der Waals surface area contributed by atoms with Crippen LogP contribution in [0.5, 0.6) is 11.5 Å². The molecule has 0 aromatic heterocycles. The van der Waals surface area contributed by atoms with E-state index >= 15 is 0 Å². The fourth-order valence-corrected chi connectivity index (χ4v) is 4.02. The lowest BCUT2D eigenvalue weighted by atomic mass is 10.0. The van der Waals surface area contributed by atoms with Gasteiger partial charge in [-0.05, 0) is 102 Å². The molecule has 0 saturated heterocycles. The van der Waals surface area contributed by atoms with Gasteiger partial charge >= 0.3 is 0 Å². The fourth-order valence-electron chi connectivity index (χ4n) is 4.02. The van der Waals surface area contributed by atoms with Crippen molar-refractivity contribution >= 4 is 0 Å². The van der Waals surface area contributed by atoms with Gasteiger partial charge in [0, 0.05) is 0 Å². The second-order valence-corrected chi connectivity index (χ2v) is 11.3. The van der Waals surface area contributed by atoms with Crippen molar-refractivity contribution in [3.05, 3.63) is 59.2 Å². The average molecular weight is 503 g/mol. The standard InChI is InChI=1S/C32H48F2O2/c1-7-31(3,4)35-29-21-19-25(23-27(29)33)17-15-13-11-9-10-12-14-16-18-26-20-22-30(28(34)24-26)36-32(5,6)8-2/h19-24H,7-18H2,1-6H3. The largest absolute Gasteiger partial charge is 0.485 e. The lowest BCUT2D eigenvalue weighted by Crippen LogP contribution is -2.27. The normalized spacial score (nSPS) is 12.1. The molecule has 0 amide bonds. The van der Waals surface area contributed by atoms with Crippen LogP contribution in [0.4, 0.5) is 8.78 Å². The van der Waals surface area contributed by atoms with E-state index in [0.29, 0.717) is 11.5 Å². The van der Waals surface area contributed by atoms with E-state index in [4.69, 9.17) is 9.47 Å². The molecule has 0 aliphatic heterocycles. The lowest BCUT2D eigenvalue weighted by Gasteiger charge is -2.25. The van der Waals surface area contributed by atoms with E-state index in [1.54, 1.807) is 24.3 Å². The molecule has 2 rings (SSSR count). The Kier molecular flexibility index (Phi) is 12.2. The monoisotopic (exact) mass is 502 g/mol. The first kappa shape index (κ1) is 30.1. The molecule has 0 aliphatic rings. The first-order valence-electron chi connectivity index (χ1n) is 14.0. The lowest BCUT2D eigenvalue weighted by molar-refractivity contribution is 0.0991. The maximum absolute atomic E-state index is 14.4. The van der Waals surface area contributed by atoms with Gasteiger partial charge in [0.05, 0.1) is 0 Å². The molecular formula is C32H48F2O2. The third kappa shape index (κ3) is 10.9. The maximum Gasteiger partial charge on any atom is 0.165 e. The summed E-state index contributed by atoms with van der Waals surface area (Å²) >= 11 is 0. The van der Waals surface area contributed by atoms with Crippen LogP contribution >= 0.6 is 0 Å². The Bertz CT molecular complexity index is 845. The second kappa shape index (κ2) is 14.6. The molecule has 0 atom stereocenters. The summed E-state index contributed by atoms with van der Waals surface area (Å²) in [5, 5.41) is 0. The molecule has 0 N–H and O–H groups in total. The topological polar surface area (TPSA) is 18.5 Å². The summed E-state index contributed by atoms with van der Waals surface area (Å²) in [6, 6.07) is 10.8. The van der Waals surface area contributed by atoms with Gasteiger partial charge < -0.3 is 9.47 Å². The van der Waals surface area contributed by atoms with Crippen LogP contribution < -0.4 is 9.47 Å². The van der Waals surface area contributed by atoms with E-state index < -0.39 is 0 Å². The number of hydrogen-bond acceptors (Lipinski definition) is 2. The predicted molar refractivity (Wildman–Crippen MR) is 147 cm³/mol. The van der Waals surface area contributed by atoms with Crippen LogP contribution in [-0.2, 0) is 12.8 Å². The summed E-state index contributed by atoms with van der Waals surface area (Å²) in [5.74, 6) is 0.165. The van der Waals surface area contributed by atoms with Gasteiger partial charge in [0.1, 0.15) is 11.2 Å². The van der Waals surface area contributed by atoms with E-state index in [2.05, 4.69) is 0 Å². The zero-order valence-corrected chi connectivity index (χ0v) is 23.5. The first-order chi connectivity index (χ1) is 17.0. The molecule has 2 aromatic carbocycles. The molecule has 0 heterocycles. The number of halogens is 2. The van der Waals surface area contributed by atoms with Crippen molar-refractivity contribution in [1.82, 2.24) is 0 Å². The Hall–Kier alpha value is -2.10. The molecule has 2 nitrogen and oxygen atoms in total. The summed E-state index contributed by atoms with van der Waals surface area (Å²) in [4.78, 5) is 0. The molecular weight excluding hydrogens is 454 g/mol. The predicted octanol–water partition coefficient (Wildman–Crippen LogP) is 10.0. The Labute approximate surface area is 218 Å². The van der Waals surface area contributed by atoms with Crippen LogP contribution in [0.2, 0.25) is 0 Å². The summed E-state index contributed by atoms with van der Waals surface area (Å²) < 4.78 is 40.3. The van der Waals surface area contributed by atoms with Gasteiger partial charge in [-0.2, -0.15) is 0 Å². The molecule has 202 valence electrons. The SMILES string of the molecule is CCC(C)(C)Oc1ccc(CCCCCCCCCCc2ccc(OC(C)(C)CC)c(F)c2)cc1F. The van der Waals surface area contributed by atoms with Crippen molar-refractivity contribution in [2.45, 2.75) is 130 Å². The smallest absolute Gasteiger partial charge is 0.165 e. The number of benzene rings is 2. The highest BCUT2D eigenvalue weighted by Crippen LogP contribution is 2.27. The maximum atomic E-state index is 14.4. The zero-order chi connectivity index (χ0) is 26.6. The minimum Gasteiger partial charge on any atom is -0.485 e. The Morgan fingerprint density at radius 3 is 1.19 bits per heavy atom. The molecule has 0 spiro atoms. The fraction of sp³-hybridized carbons (Fsp3) is 0.625. The van der Waals surface area contributed by atoms with Crippen LogP contribution in [0, 0.1) is 11.6 Å². The molecule has 0 bridgehead atoms. The van der Waals surface area contributed by atoms with E-state index in [0.717, 1.165) is 49.7 Å². The van der Waals surface area contributed by atoms with Crippen molar-refractivity contribution in [2.75, 3.05) is 0 Å². The average Bonchev–Trinajstić information content (AvgIpc) is 2.83. The van der Waals surface area contributed by atoms with Crippen molar-refractivity contribution in [3.63, 3.8) is 0 Å². The van der Waals surface area contributed by atoms with Gasteiger partial charge in [-0.3, -0.25) is 0 Å². The highest BCUT2D eigenvalue weighted by Gasteiger charge is 2.20. The summed E-state index contributed by atoms with van der Waals surface area (Å²) in [5.41, 5.74) is 1.37. The van der Waals surface area contributed by atoms with Crippen LogP contribution in [0.3, 0.4) is 0 Å². The van der Waals surface area contributed by atoms with Crippen molar-refractivity contribution in [3.8, 4) is 11.5 Å². The highest BCUT2D eigenvalue weighted by molar-refractivity contribution is 5.31. The minimum absolute atomic E-state index is 0.263. The van der Waals surface area contributed by atoms with Gasteiger partial charge in [0.2, 0.25) is 0 Å². The van der Waals surface area contributed by atoms with Crippen LogP contribution in [0.25, 0.3) is 0 Å². The highest BCUT2D eigenvalue weighted by atomic mass is 19.1. The Morgan fingerprint density at radius 1 is 0.556 bits per heavy atom. The van der Waals surface area contributed by atoms with Gasteiger partial charge in [0.15, 0.2) is 23.1 Å². The first-order valence-corrected chi connectivity index (χ1v) is 14.0. The minimum atomic E-state index is -0.354. The molecule has 0 unspecified atom stereocenters. The number of aryl methyl sites for hydroxylation is 2. The van der Waals surface area contributed by atoms with E-state index in [9.17, 15) is 8.78 Å². The number of rotatable bonds is 17. The zero-order valence-electron chi connectivity index (χ0n) is 23.5. The third-order valence-corrected chi connectivity index (χ3v) is 7.15. The van der Waals surface area contributed by atoms with Crippen molar-refractivity contribution in [1.29, 1.82) is 0 Å². The molecule has 36 heavy (non-hydrogen) atoms. The number of unbranched alkanes of at least 4 members (excludes halogenated alkanes) is 7. The van der Waals surface area contributed by atoms with Gasteiger partial charge in [-0.1, -0.05) is 64.5 Å². The van der Waals surface area contributed by atoms with Gasteiger partial charge in [-0.15, -0.1) is 0 Å². The van der Waals surface area contributed by atoms with Gasteiger partial charge in [-0.25, -0.2) is 8.78 Å². The molecule has 0 saturated carbocycles. The van der Waals surface area contributed by atoms with Crippen LogP contribution in [0.1, 0.15) is 117 Å². The molecule has 4 heteroatoms. The second-order valence-electron chi connectivity index (χ2n) is 11.3. The molecule has 0 radical (unpaired) electrons. The Balaban J connectivity index is 1.55. The van der Waals surface area contributed by atoms with E-state index in [-0.39, 0.29) is 22.8 Å². The van der Waals surface area contributed by atoms with E-state index in [1.165, 1.54) is 38.5 Å². The van der Waals surface area contributed by atoms with Crippen LogP contribution in [0.15, 0.2) is 36.4 Å². The summed E-state index contributed by atoms with van der Waals surface area (Å²) in [7, 11) is 0. The quantitative estimate of drug-likeness (QED) is 0.200. The van der Waals surface area contributed by atoms with Gasteiger partial charge in [0.25, 0.3) is 0 Å².